The maximum absolute atomic E-state index is 5.89. The smallest absolute Gasteiger partial charge is 0.135 e. The molecule has 18 heavy (non-hydrogen) atoms. The van der Waals surface area contributed by atoms with Gasteiger partial charge in [-0.25, -0.2) is 9.97 Å². The predicted octanol–water partition coefficient (Wildman–Crippen LogP) is 2.52. The highest BCUT2D eigenvalue weighted by molar-refractivity contribution is 5.54. The number of hydrogen-bond donors (Lipinski definition) is 2. The van der Waals surface area contributed by atoms with Crippen LogP contribution >= 0.6 is 0 Å². The number of nitrogen functional groups attached to an aromatic ring is 1. The van der Waals surface area contributed by atoms with Crippen molar-refractivity contribution in [2.75, 3.05) is 11.1 Å². The van der Waals surface area contributed by atoms with Crippen LogP contribution < -0.4 is 11.1 Å². The van der Waals surface area contributed by atoms with Gasteiger partial charge in [0.15, 0.2) is 0 Å². The molecule has 5 heteroatoms. The molecule has 0 amide bonds. The molecule has 0 saturated heterocycles. The highest BCUT2D eigenvalue weighted by atomic mass is 16.3. The first kappa shape index (κ1) is 12.4. The molecule has 0 aliphatic carbocycles. The standard InChI is InChI=1S/C13H18N4O/c1-3-4-11-16-12(14)9(2)13(17-11)15-7-10-5-6-18-8-10/h5-6,8H,3-4,7H2,1-2H3,(H3,14,15,16,17). The molecule has 96 valence electrons. The third-order valence-electron chi connectivity index (χ3n) is 2.74. The van der Waals surface area contributed by atoms with Crippen LogP contribution in [0.4, 0.5) is 11.6 Å². The van der Waals surface area contributed by atoms with E-state index in [1.165, 1.54) is 0 Å². The van der Waals surface area contributed by atoms with E-state index in [1.807, 2.05) is 13.0 Å². The number of nitrogens with one attached hydrogen (secondary N) is 1. The van der Waals surface area contributed by atoms with Crippen molar-refractivity contribution in [1.82, 2.24) is 9.97 Å². The van der Waals surface area contributed by atoms with Gasteiger partial charge in [-0.15, -0.1) is 0 Å². The fourth-order valence-corrected chi connectivity index (χ4v) is 1.67. The Balaban J connectivity index is 2.15. The topological polar surface area (TPSA) is 77.0 Å². The largest absolute Gasteiger partial charge is 0.472 e. The summed E-state index contributed by atoms with van der Waals surface area (Å²) in [6, 6.07) is 1.92. The summed E-state index contributed by atoms with van der Waals surface area (Å²) in [4.78, 5) is 8.77. The van der Waals surface area contributed by atoms with E-state index in [0.717, 1.165) is 35.6 Å². The number of aromatic nitrogens is 2. The number of nitrogens with two attached hydrogens (primary N) is 1. The van der Waals surface area contributed by atoms with E-state index in [4.69, 9.17) is 10.2 Å². The van der Waals surface area contributed by atoms with Crippen molar-refractivity contribution in [2.24, 2.45) is 0 Å². The van der Waals surface area contributed by atoms with Crippen molar-refractivity contribution in [1.29, 1.82) is 0 Å². The van der Waals surface area contributed by atoms with E-state index in [-0.39, 0.29) is 0 Å². The van der Waals surface area contributed by atoms with Gasteiger partial charge in [0.2, 0.25) is 0 Å². The molecule has 0 saturated carbocycles. The second kappa shape index (κ2) is 5.53. The number of aryl methyl sites for hydroxylation is 1. The van der Waals surface area contributed by atoms with Gasteiger partial charge in [0.1, 0.15) is 17.5 Å². The van der Waals surface area contributed by atoms with Crippen LogP contribution in [0.2, 0.25) is 0 Å². The number of hydrogen-bond acceptors (Lipinski definition) is 5. The van der Waals surface area contributed by atoms with Crippen molar-refractivity contribution in [2.45, 2.75) is 33.2 Å². The first-order valence-electron chi connectivity index (χ1n) is 6.08. The quantitative estimate of drug-likeness (QED) is 0.847. The molecule has 2 rings (SSSR count). The summed E-state index contributed by atoms with van der Waals surface area (Å²) < 4.78 is 5.02. The zero-order chi connectivity index (χ0) is 13.0. The summed E-state index contributed by atoms with van der Waals surface area (Å²) in [6.07, 6.45) is 5.20. The summed E-state index contributed by atoms with van der Waals surface area (Å²) in [5.41, 5.74) is 7.85. The number of furan rings is 1. The van der Waals surface area contributed by atoms with Crippen molar-refractivity contribution < 1.29 is 4.42 Å². The van der Waals surface area contributed by atoms with Crippen LogP contribution in [-0.4, -0.2) is 9.97 Å². The molecule has 0 unspecified atom stereocenters. The van der Waals surface area contributed by atoms with Gasteiger partial charge in [0, 0.05) is 24.1 Å². The Labute approximate surface area is 106 Å². The Morgan fingerprint density at radius 3 is 2.89 bits per heavy atom. The van der Waals surface area contributed by atoms with Crippen molar-refractivity contribution >= 4 is 11.6 Å². The lowest BCUT2D eigenvalue weighted by Crippen LogP contribution is -2.09. The lowest BCUT2D eigenvalue weighted by molar-refractivity contribution is 0.564. The van der Waals surface area contributed by atoms with E-state index >= 15 is 0 Å². The minimum Gasteiger partial charge on any atom is -0.472 e. The van der Waals surface area contributed by atoms with E-state index in [9.17, 15) is 0 Å². The lowest BCUT2D eigenvalue weighted by Gasteiger charge is -2.11. The average molecular weight is 246 g/mol. The molecule has 0 aromatic carbocycles. The van der Waals surface area contributed by atoms with Crippen LogP contribution in [0.5, 0.6) is 0 Å². The van der Waals surface area contributed by atoms with E-state index in [0.29, 0.717) is 12.4 Å². The number of rotatable bonds is 5. The Morgan fingerprint density at radius 2 is 2.22 bits per heavy atom. The Morgan fingerprint density at radius 1 is 1.39 bits per heavy atom. The molecule has 2 heterocycles. The van der Waals surface area contributed by atoms with Crippen LogP contribution in [0, 0.1) is 6.92 Å². The molecular formula is C13H18N4O. The lowest BCUT2D eigenvalue weighted by atomic mass is 10.2. The van der Waals surface area contributed by atoms with Crippen molar-refractivity contribution in [3.05, 3.63) is 35.5 Å². The van der Waals surface area contributed by atoms with Crippen LogP contribution in [0.3, 0.4) is 0 Å². The third kappa shape index (κ3) is 2.80. The average Bonchev–Trinajstić information content (AvgIpc) is 2.85. The molecule has 0 aliphatic rings. The predicted molar refractivity (Wildman–Crippen MR) is 71.2 cm³/mol. The SMILES string of the molecule is CCCc1nc(N)c(C)c(NCc2ccoc2)n1. The summed E-state index contributed by atoms with van der Waals surface area (Å²) in [5.74, 6) is 2.13. The van der Waals surface area contributed by atoms with Gasteiger partial charge >= 0.3 is 0 Å². The van der Waals surface area contributed by atoms with Gasteiger partial charge in [0.05, 0.1) is 12.5 Å². The fraction of sp³-hybridized carbons (Fsp3) is 0.385. The molecule has 0 spiro atoms. The van der Waals surface area contributed by atoms with Gasteiger partial charge in [0.25, 0.3) is 0 Å². The normalized spacial score (nSPS) is 10.6. The Bertz CT molecular complexity index is 508. The van der Waals surface area contributed by atoms with E-state index in [2.05, 4.69) is 22.2 Å². The summed E-state index contributed by atoms with van der Waals surface area (Å²) in [6.45, 7) is 4.68. The molecule has 0 aliphatic heterocycles. The Kier molecular flexibility index (Phi) is 3.82. The minimum atomic E-state index is 0.545. The van der Waals surface area contributed by atoms with Gasteiger partial charge in [-0.2, -0.15) is 0 Å². The number of anilines is 2. The van der Waals surface area contributed by atoms with Gasteiger partial charge in [-0.1, -0.05) is 6.92 Å². The highest BCUT2D eigenvalue weighted by Crippen LogP contribution is 2.18. The van der Waals surface area contributed by atoms with Crippen LogP contribution in [-0.2, 0) is 13.0 Å². The van der Waals surface area contributed by atoms with Gasteiger partial charge < -0.3 is 15.5 Å². The van der Waals surface area contributed by atoms with Crippen LogP contribution in [0.25, 0.3) is 0 Å². The molecule has 0 atom stereocenters. The second-order valence-electron chi connectivity index (χ2n) is 4.23. The molecule has 5 nitrogen and oxygen atoms in total. The van der Waals surface area contributed by atoms with Crippen LogP contribution in [0.1, 0.15) is 30.3 Å². The molecule has 0 bridgehead atoms. The van der Waals surface area contributed by atoms with Crippen LogP contribution in [0.15, 0.2) is 23.0 Å². The third-order valence-corrected chi connectivity index (χ3v) is 2.74. The van der Waals surface area contributed by atoms with E-state index < -0.39 is 0 Å². The number of nitrogens with zero attached hydrogens (tertiary/aromatic N) is 2. The summed E-state index contributed by atoms with van der Waals surface area (Å²) >= 11 is 0. The first-order chi connectivity index (χ1) is 8.70. The first-order valence-corrected chi connectivity index (χ1v) is 6.08. The molecule has 0 fully saturated rings. The maximum Gasteiger partial charge on any atom is 0.135 e. The fourth-order valence-electron chi connectivity index (χ4n) is 1.67. The maximum atomic E-state index is 5.89. The minimum absolute atomic E-state index is 0.545. The zero-order valence-electron chi connectivity index (χ0n) is 10.7. The van der Waals surface area contributed by atoms with Crippen molar-refractivity contribution in [3.8, 4) is 0 Å². The van der Waals surface area contributed by atoms with Gasteiger partial charge in [-0.05, 0) is 19.4 Å². The molecule has 3 N–H and O–H groups in total. The summed E-state index contributed by atoms with van der Waals surface area (Å²) in [5, 5.41) is 3.26. The van der Waals surface area contributed by atoms with E-state index in [1.54, 1.807) is 12.5 Å². The molecular weight excluding hydrogens is 228 g/mol. The second-order valence-corrected chi connectivity index (χ2v) is 4.23. The summed E-state index contributed by atoms with van der Waals surface area (Å²) in [7, 11) is 0. The highest BCUT2D eigenvalue weighted by Gasteiger charge is 2.08. The van der Waals surface area contributed by atoms with Gasteiger partial charge in [-0.3, -0.25) is 0 Å². The zero-order valence-corrected chi connectivity index (χ0v) is 10.7. The molecule has 2 aromatic heterocycles. The molecule has 0 radical (unpaired) electrons. The Hall–Kier alpha value is -2.04. The monoisotopic (exact) mass is 246 g/mol. The molecule has 2 aromatic rings. The van der Waals surface area contributed by atoms with Crippen molar-refractivity contribution in [3.63, 3.8) is 0 Å².